The Balaban J connectivity index is 1.49. The summed E-state index contributed by atoms with van der Waals surface area (Å²) in [5, 5.41) is 19.2. The van der Waals surface area contributed by atoms with Crippen LogP contribution in [0.4, 0.5) is 30.6 Å². The highest BCUT2D eigenvalue weighted by atomic mass is 19.4. The predicted octanol–water partition coefficient (Wildman–Crippen LogP) is 3.95. The molecule has 38 heavy (non-hydrogen) atoms. The summed E-state index contributed by atoms with van der Waals surface area (Å²) in [6.45, 7) is 0.134. The number of aromatic nitrogens is 4. The molecule has 0 spiro atoms. The molecule has 2 aromatic carbocycles. The normalized spacial score (nSPS) is 14.2. The Morgan fingerprint density at radius 1 is 1.13 bits per heavy atom. The maximum absolute atomic E-state index is 13.1. The van der Waals surface area contributed by atoms with Gasteiger partial charge in [-0.3, -0.25) is 4.79 Å². The van der Waals surface area contributed by atoms with Crippen molar-refractivity contribution in [3.05, 3.63) is 77.2 Å². The fourth-order valence-corrected chi connectivity index (χ4v) is 4.04. The molecule has 0 aliphatic carbocycles. The number of fused-ring (bicyclic) bond motifs is 1. The molecular weight excluding hydrogens is 503 g/mol. The van der Waals surface area contributed by atoms with Crippen LogP contribution in [0.2, 0.25) is 0 Å². The van der Waals surface area contributed by atoms with Crippen molar-refractivity contribution in [2.24, 2.45) is 0 Å². The fourth-order valence-electron chi connectivity index (χ4n) is 4.04. The Labute approximate surface area is 214 Å². The smallest absolute Gasteiger partial charge is 0.394 e. The highest BCUT2D eigenvalue weighted by Crippen LogP contribution is 2.33. The van der Waals surface area contributed by atoms with E-state index in [-0.39, 0.29) is 29.8 Å². The number of rotatable bonds is 7. The van der Waals surface area contributed by atoms with E-state index in [1.54, 1.807) is 42.3 Å². The molecule has 0 unspecified atom stereocenters. The van der Waals surface area contributed by atoms with Crippen LogP contribution in [-0.4, -0.2) is 49.7 Å². The summed E-state index contributed by atoms with van der Waals surface area (Å²) in [4.78, 5) is 25.7. The number of amides is 1. The third kappa shape index (κ3) is 5.27. The van der Waals surface area contributed by atoms with E-state index in [0.29, 0.717) is 18.7 Å². The van der Waals surface area contributed by atoms with Gasteiger partial charge in [-0.05, 0) is 28.8 Å². The van der Waals surface area contributed by atoms with Crippen LogP contribution in [0.1, 0.15) is 28.6 Å². The zero-order valence-electron chi connectivity index (χ0n) is 20.0. The van der Waals surface area contributed by atoms with Crippen LogP contribution >= 0.6 is 0 Å². The Morgan fingerprint density at radius 3 is 2.63 bits per heavy atom. The highest BCUT2D eigenvalue weighted by molar-refractivity contribution is 5.81. The summed E-state index contributed by atoms with van der Waals surface area (Å²) in [7, 11) is 1.73. The van der Waals surface area contributed by atoms with E-state index in [1.165, 1.54) is 6.20 Å². The molecule has 196 valence electrons. The number of halogens is 3. The van der Waals surface area contributed by atoms with Gasteiger partial charge in [0.05, 0.1) is 19.1 Å². The molecule has 0 saturated carbocycles. The van der Waals surface area contributed by atoms with Crippen molar-refractivity contribution in [2.75, 3.05) is 24.3 Å². The van der Waals surface area contributed by atoms with Crippen molar-refractivity contribution >= 4 is 23.4 Å². The number of carbonyl (C=O) groups excluding carboxylic acids is 1. The molecule has 0 radical (unpaired) electrons. The van der Waals surface area contributed by atoms with Crippen LogP contribution in [0.3, 0.4) is 0 Å². The van der Waals surface area contributed by atoms with Gasteiger partial charge in [0, 0.05) is 25.5 Å². The van der Waals surface area contributed by atoms with Crippen LogP contribution in [-0.2, 0) is 23.9 Å². The molecule has 1 aliphatic heterocycles. The minimum absolute atomic E-state index is 0.0264. The number of benzene rings is 2. The minimum Gasteiger partial charge on any atom is -0.394 e. The number of alkyl halides is 3. The lowest BCUT2D eigenvalue weighted by molar-refractivity contribution is -0.146. The van der Waals surface area contributed by atoms with Crippen molar-refractivity contribution in [3.63, 3.8) is 0 Å². The molecule has 3 heterocycles. The Morgan fingerprint density at radius 2 is 1.92 bits per heavy atom. The van der Waals surface area contributed by atoms with Crippen LogP contribution in [0.15, 0.2) is 59.3 Å². The van der Waals surface area contributed by atoms with Gasteiger partial charge in [-0.15, -0.1) is 0 Å². The number of carbonyl (C=O) groups is 1. The Kier molecular flexibility index (Phi) is 6.68. The van der Waals surface area contributed by atoms with Gasteiger partial charge >= 0.3 is 6.18 Å². The first-order chi connectivity index (χ1) is 18.2. The van der Waals surface area contributed by atoms with Gasteiger partial charge in [-0.25, -0.2) is 4.98 Å². The van der Waals surface area contributed by atoms with Gasteiger partial charge in [0.1, 0.15) is 11.4 Å². The van der Waals surface area contributed by atoms with E-state index in [0.717, 1.165) is 16.7 Å². The highest BCUT2D eigenvalue weighted by Gasteiger charge is 2.37. The second-order valence-corrected chi connectivity index (χ2v) is 8.70. The van der Waals surface area contributed by atoms with Crippen molar-refractivity contribution in [2.45, 2.75) is 25.2 Å². The third-order valence-electron chi connectivity index (χ3n) is 6.03. The zero-order chi connectivity index (χ0) is 26.9. The van der Waals surface area contributed by atoms with Crippen LogP contribution in [0.25, 0.3) is 11.5 Å². The molecule has 0 fully saturated rings. The lowest BCUT2D eigenvalue weighted by atomic mass is 9.99. The SMILES string of the molecule is CN1Cc2cc(Nc3ncc(-c4nc(C(F)(F)F)no4)c(N[C@H](CO)c4ccccc4)n3)ccc2CC1=O. The molecule has 13 heteroatoms. The van der Waals surface area contributed by atoms with E-state index in [4.69, 9.17) is 4.52 Å². The number of aliphatic hydroxyl groups is 1. The first kappa shape index (κ1) is 25.1. The maximum atomic E-state index is 13.1. The first-order valence-electron chi connectivity index (χ1n) is 11.5. The summed E-state index contributed by atoms with van der Waals surface area (Å²) in [6.07, 6.45) is -3.21. The fraction of sp³-hybridized carbons (Fsp3) is 0.240. The van der Waals surface area contributed by atoms with Gasteiger partial charge in [-0.1, -0.05) is 41.6 Å². The average Bonchev–Trinajstić information content (AvgIpc) is 3.40. The van der Waals surface area contributed by atoms with Crippen molar-refractivity contribution in [3.8, 4) is 11.5 Å². The molecule has 5 rings (SSSR count). The van der Waals surface area contributed by atoms with E-state index < -0.39 is 23.9 Å². The van der Waals surface area contributed by atoms with Crippen LogP contribution < -0.4 is 10.6 Å². The van der Waals surface area contributed by atoms with Crippen LogP contribution in [0.5, 0.6) is 0 Å². The number of hydrogen-bond acceptors (Lipinski definition) is 9. The summed E-state index contributed by atoms with van der Waals surface area (Å²) >= 11 is 0. The van der Waals surface area contributed by atoms with E-state index in [1.807, 2.05) is 18.2 Å². The lowest BCUT2D eigenvalue weighted by Gasteiger charge is -2.25. The molecule has 10 nitrogen and oxygen atoms in total. The molecule has 4 aromatic rings. The van der Waals surface area contributed by atoms with Gasteiger partial charge in [-0.2, -0.15) is 23.1 Å². The van der Waals surface area contributed by atoms with E-state index in [9.17, 15) is 23.1 Å². The average molecular weight is 525 g/mol. The molecule has 1 amide bonds. The number of nitrogens with zero attached hydrogens (tertiary/aromatic N) is 5. The van der Waals surface area contributed by atoms with Gasteiger partial charge in [0.25, 0.3) is 11.7 Å². The van der Waals surface area contributed by atoms with Crippen molar-refractivity contribution in [1.29, 1.82) is 0 Å². The molecule has 2 aromatic heterocycles. The molecular formula is C25H22F3N7O3. The lowest BCUT2D eigenvalue weighted by Crippen LogP contribution is -2.32. The van der Waals surface area contributed by atoms with Crippen molar-refractivity contribution < 1.29 is 27.6 Å². The molecule has 0 saturated heterocycles. The second-order valence-electron chi connectivity index (χ2n) is 8.70. The Hall–Kier alpha value is -4.52. The topological polar surface area (TPSA) is 129 Å². The number of anilines is 3. The standard InChI is InChI=1S/C25H22F3N7O3/c1-35-12-16-9-17(8-7-15(16)10-20(35)37)30-24-29-11-18(22-33-23(34-38-22)25(26,27)28)21(32-24)31-19(13-36)14-5-3-2-4-6-14/h2-9,11,19,36H,10,12-13H2,1H3,(H2,29,30,31,32)/t19-/m1/s1. The largest absolute Gasteiger partial charge is 0.455 e. The van der Waals surface area contributed by atoms with Gasteiger partial charge in [0.15, 0.2) is 0 Å². The summed E-state index contributed by atoms with van der Waals surface area (Å²) in [6, 6.07) is 13.9. The minimum atomic E-state index is -4.79. The number of hydrogen-bond donors (Lipinski definition) is 3. The quantitative estimate of drug-likeness (QED) is 0.328. The predicted molar refractivity (Wildman–Crippen MR) is 130 cm³/mol. The number of likely N-dealkylation sites (N-methyl/N-ethyl adjacent to an activating group) is 1. The molecule has 1 atom stereocenters. The Bertz CT molecular complexity index is 1460. The van der Waals surface area contributed by atoms with Crippen molar-refractivity contribution in [1.82, 2.24) is 25.0 Å². The van der Waals surface area contributed by atoms with E-state index in [2.05, 4.69) is 30.7 Å². The summed E-state index contributed by atoms with van der Waals surface area (Å²) in [5.74, 6) is -1.61. The maximum Gasteiger partial charge on any atom is 0.455 e. The monoisotopic (exact) mass is 525 g/mol. The zero-order valence-corrected chi connectivity index (χ0v) is 20.0. The van der Waals surface area contributed by atoms with Crippen LogP contribution in [0, 0.1) is 0 Å². The molecule has 3 N–H and O–H groups in total. The molecule has 1 aliphatic rings. The number of aliphatic hydroxyl groups excluding tert-OH is 1. The summed E-state index contributed by atoms with van der Waals surface area (Å²) in [5.41, 5.74) is 3.32. The van der Waals surface area contributed by atoms with E-state index >= 15 is 0 Å². The molecule has 0 bridgehead atoms. The second kappa shape index (κ2) is 10.1. The number of nitrogens with one attached hydrogen (secondary N) is 2. The third-order valence-corrected chi connectivity index (χ3v) is 6.03. The first-order valence-corrected chi connectivity index (χ1v) is 11.5. The van der Waals surface area contributed by atoms with Gasteiger partial charge in [0.2, 0.25) is 11.9 Å². The van der Waals surface area contributed by atoms with Gasteiger partial charge < -0.3 is 25.2 Å². The summed E-state index contributed by atoms with van der Waals surface area (Å²) < 4.78 is 44.1.